The summed E-state index contributed by atoms with van der Waals surface area (Å²) >= 11 is 6.62. The van der Waals surface area contributed by atoms with Gasteiger partial charge in [0.25, 0.3) is 0 Å². The molecule has 0 radical (unpaired) electrons. The van der Waals surface area contributed by atoms with E-state index in [0.717, 1.165) is 54.2 Å². The van der Waals surface area contributed by atoms with Gasteiger partial charge < -0.3 is 15.5 Å². The van der Waals surface area contributed by atoms with Crippen LogP contribution in [0.2, 0.25) is 5.02 Å². The molecule has 1 fully saturated rings. The number of benzene rings is 1. The Morgan fingerprint density at radius 1 is 1.26 bits per heavy atom. The van der Waals surface area contributed by atoms with E-state index >= 15 is 0 Å². The number of nitrogens with two attached hydrogens (primary N) is 1. The van der Waals surface area contributed by atoms with Crippen molar-refractivity contribution in [3.8, 4) is 11.3 Å². The highest BCUT2D eigenvalue weighted by Gasteiger charge is 2.27. The van der Waals surface area contributed by atoms with Crippen LogP contribution >= 0.6 is 11.6 Å². The fourth-order valence-corrected chi connectivity index (χ4v) is 3.82. The van der Waals surface area contributed by atoms with Gasteiger partial charge in [-0.25, -0.2) is 9.97 Å². The molecule has 1 saturated heterocycles. The van der Waals surface area contributed by atoms with Crippen LogP contribution in [0.4, 0.5) is 11.5 Å². The first kappa shape index (κ1) is 18.0. The van der Waals surface area contributed by atoms with Crippen molar-refractivity contribution in [2.45, 2.75) is 25.3 Å². The van der Waals surface area contributed by atoms with E-state index in [1.165, 1.54) is 0 Å². The van der Waals surface area contributed by atoms with Crippen molar-refractivity contribution in [3.63, 3.8) is 0 Å². The molecule has 0 amide bonds. The summed E-state index contributed by atoms with van der Waals surface area (Å²) < 4.78 is 0. The molecule has 142 valence electrons. The summed E-state index contributed by atoms with van der Waals surface area (Å²) in [5.74, 6) is 0.837. The zero-order valence-electron chi connectivity index (χ0n) is 15.8. The Balaban J connectivity index is 1.69. The van der Waals surface area contributed by atoms with Crippen LogP contribution in [-0.4, -0.2) is 52.9 Å². The molecule has 3 aromatic rings. The van der Waals surface area contributed by atoms with Crippen LogP contribution in [0, 0.1) is 0 Å². The fraction of sp³-hybridized carbons (Fsp3) is 0.421. The number of aromatic amines is 1. The molecule has 0 bridgehead atoms. The molecule has 3 heterocycles. The lowest BCUT2D eigenvalue weighted by molar-refractivity contribution is 0.363. The first-order valence-corrected chi connectivity index (χ1v) is 9.45. The number of aromatic nitrogens is 4. The first-order chi connectivity index (χ1) is 12.9. The van der Waals surface area contributed by atoms with E-state index in [9.17, 15) is 0 Å². The van der Waals surface area contributed by atoms with E-state index in [0.29, 0.717) is 10.7 Å². The summed E-state index contributed by atoms with van der Waals surface area (Å²) in [6, 6.07) is 5.92. The van der Waals surface area contributed by atoms with E-state index in [1.54, 1.807) is 0 Å². The van der Waals surface area contributed by atoms with Gasteiger partial charge in [-0.15, -0.1) is 0 Å². The lowest BCUT2D eigenvalue weighted by Crippen LogP contribution is -2.48. The Labute approximate surface area is 163 Å². The standard InChI is InChI=1S/C19H24ClN7/c1-19(21)7-9-27(10-8-19)14-11-22-17-16(24-25-18(17)23-14)12-5-4-6-13(15(12)20)26(2)3/h4-6,11H,7-10,21H2,1-3H3,(H,23,24,25). The molecule has 2 aromatic heterocycles. The van der Waals surface area contributed by atoms with Crippen molar-refractivity contribution in [2.75, 3.05) is 37.0 Å². The molecule has 4 rings (SSSR count). The predicted octanol–water partition coefficient (Wildman–Crippen LogP) is 3.06. The molecule has 0 spiro atoms. The maximum absolute atomic E-state index is 6.62. The number of nitrogens with one attached hydrogen (secondary N) is 1. The Bertz CT molecular complexity index is 969. The van der Waals surface area contributed by atoms with Crippen molar-refractivity contribution in [3.05, 3.63) is 29.4 Å². The Morgan fingerprint density at radius 2 is 2.00 bits per heavy atom. The van der Waals surface area contributed by atoms with Crippen LogP contribution in [0.15, 0.2) is 24.4 Å². The van der Waals surface area contributed by atoms with Gasteiger partial charge in [-0.3, -0.25) is 5.10 Å². The summed E-state index contributed by atoms with van der Waals surface area (Å²) in [4.78, 5) is 13.5. The van der Waals surface area contributed by atoms with Crippen molar-refractivity contribution in [1.82, 2.24) is 20.2 Å². The molecular formula is C19H24ClN7. The van der Waals surface area contributed by atoms with Gasteiger partial charge in [-0.2, -0.15) is 5.10 Å². The minimum atomic E-state index is -0.0955. The quantitative estimate of drug-likeness (QED) is 0.720. The number of hydrogen-bond donors (Lipinski definition) is 2. The lowest BCUT2D eigenvalue weighted by Gasteiger charge is -2.37. The van der Waals surface area contributed by atoms with Crippen LogP contribution in [0.25, 0.3) is 22.4 Å². The number of piperidine rings is 1. The first-order valence-electron chi connectivity index (χ1n) is 9.07. The van der Waals surface area contributed by atoms with Crippen molar-refractivity contribution >= 4 is 34.3 Å². The van der Waals surface area contributed by atoms with Crippen LogP contribution in [-0.2, 0) is 0 Å². The number of rotatable bonds is 3. The summed E-state index contributed by atoms with van der Waals surface area (Å²) in [6.07, 6.45) is 3.68. The average Bonchev–Trinajstić information content (AvgIpc) is 3.04. The Kier molecular flexibility index (Phi) is 4.44. The number of halogens is 1. The molecule has 1 aliphatic rings. The number of hydrogen-bond acceptors (Lipinski definition) is 6. The zero-order chi connectivity index (χ0) is 19.2. The van der Waals surface area contributed by atoms with Gasteiger partial charge in [0.15, 0.2) is 0 Å². The number of nitrogens with zero attached hydrogens (tertiary/aromatic N) is 5. The molecule has 7 nitrogen and oxygen atoms in total. The summed E-state index contributed by atoms with van der Waals surface area (Å²) in [7, 11) is 3.93. The number of anilines is 2. The van der Waals surface area contributed by atoms with Gasteiger partial charge in [-0.05, 0) is 25.8 Å². The normalized spacial score (nSPS) is 16.7. The lowest BCUT2D eigenvalue weighted by atomic mass is 9.91. The monoisotopic (exact) mass is 385 g/mol. The van der Waals surface area contributed by atoms with E-state index in [1.807, 2.05) is 43.4 Å². The minimum Gasteiger partial charge on any atom is -0.376 e. The fourth-order valence-electron chi connectivity index (χ4n) is 3.43. The molecular weight excluding hydrogens is 362 g/mol. The van der Waals surface area contributed by atoms with Gasteiger partial charge in [0.2, 0.25) is 5.65 Å². The van der Waals surface area contributed by atoms with Gasteiger partial charge in [0.05, 0.1) is 22.6 Å². The van der Waals surface area contributed by atoms with Crippen LogP contribution in [0.1, 0.15) is 19.8 Å². The maximum atomic E-state index is 6.62. The summed E-state index contributed by atoms with van der Waals surface area (Å²) in [5.41, 5.74) is 10.0. The van der Waals surface area contributed by atoms with Crippen molar-refractivity contribution in [1.29, 1.82) is 0 Å². The van der Waals surface area contributed by atoms with Crippen LogP contribution < -0.4 is 15.5 Å². The van der Waals surface area contributed by atoms with Gasteiger partial charge in [0.1, 0.15) is 11.3 Å². The van der Waals surface area contributed by atoms with Crippen LogP contribution in [0.3, 0.4) is 0 Å². The molecule has 27 heavy (non-hydrogen) atoms. The van der Waals surface area contributed by atoms with Gasteiger partial charge in [-0.1, -0.05) is 23.7 Å². The number of H-pyrrole nitrogens is 1. The second kappa shape index (κ2) is 6.65. The van der Waals surface area contributed by atoms with E-state index in [-0.39, 0.29) is 5.54 Å². The maximum Gasteiger partial charge on any atom is 0.202 e. The molecule has 0 atom stereocenters. The van der Waals surface area contributed by atoms with Crippen molar-refractivity contribution < 1.29 is 0 Å². The van der Waals surface area contributed by atoms with E-state index in [2.05, 4.69) is 27.0 Å². The van der Waals surface area contributed by atoms with Gasteiger partial charge >= 0.3 is 0 Å². The summed E-state index contributed by atoms with van der Waals surface area (Å²) in [6.45, 7) is 3.85. The number of fused-ring (bicyclic) bond motifs is 1. The molecule has 1 aliphatic heterocycles. The minimum absolute atomic E-state index is 0.0955. The van der Waals surface area contributed by atoms with E-state index < -0.39 is 0 Å². The highest BCUT2D eigenvalue weighted by atomic mass is 35.5. The van der Waals surface area contributed by atoms with Crippen molar-refractivity contribution in [2.24, 2.45) is 5.73 Å². The summed E-state index contributed by atoms with van der Waals surface area (Å²) in [5, 5.41) is 8.10. The second-order valence-corrected chi connectivity index (χ2v) is 8.05. The Morgan fingerprint density at radius 3 is 2.70 bits per heavy atom. The molecule has 1 aromatic carbocycles. The smallest absolute Gasteiger partial charge is 0.202 e. The largest absolute Gasteiger partial charge is 0.376 e. The third-order valence-electron chi connectivity index (χ3n) is 5.21. The topological polar surface area (TPSA) is 87.0 Å². The SMILES string of the molecule is CN(C)c1cccc(-c2[nH]nc3nc(N4CCC(C)(N)CC4)cnc23)c1Cl. The molecule has 8 heteroatoms. The van der Waals surface area contributed by atoms with Gasteiger partial charge in [0, 0.05) is 38.3 Å². The Hall–Kier alpha value is -2.38. The van der Waals surface area contributed by atoms with E-state index in [4.69, 9.17) is 22.3 Å². The average molecular weight is 386 g/mol. The third-order valence-corrected chi connectivity index (χ3v) is 5.61. The molecule has 0 aliphatic carbocycles. The highest BCUT2D eigenvalue weighted by Crippen LogP contribution is 2.36. The third kappa shape index (κ3) is 3.33. The predicted molar refractivity (Wildman–Crippen MR) is 110 cm³/mol. The highest BCUT2D eigenvalue weighted by molar-refractivity contribution is 6.36. The second-order valence-electron chi connectivity index (χ2n) is 7.67. The van der Waals surface area contributed by atoms with Crippen LogP contribution in [0.5, 0.6) is 0 Å². The zero-order valence-corrected chi connectivity index (χ0v) is 16.6. The molecule has 3 N–H and O–H groups in total. The molecule has 0 unspecified atom stereocenters. The molecule has 0 saturated carbocycles.